The van der Waals surface area contributed by atoms with Crippen LogP contribution in [0.4, 0.5) is 13.2 Å². The van der Waals surface area contributed by atoms with E-state index in [4.69, 9.17) is 0 Å². The van der Waals surface area contributed by atoms with Crippen LogP contribution in [0.15, 0.2) is 0 Å². The Kier molecular flexibility index (Phi) is 4.19. The summed E-state index contributed by atoms with van der Waals surface area (Å²) in [4.78, 5) is 2.20. The number of likely N-dealkylation sites (tertiary alicyclic amines) is 1. The van der Waals surface area contributed by atoms with Crippen molar-refractivity contribution in [3.63, 3.8) is 0 Å². The molecular formula is C9H17F3N2. The van der Waals surface area contributed by atoms with Gasteiger partial charge in [0.2, 0.25) is 0 Å². The van der Waals surface area contributed by atoms with Gasteiger partial charge in [-0.15, -0.1) is 0 Å². The Balaban J connectivity index is 2.24. The number of nitrogens with one attached hydrogen (secondary N) is 1. The maximum atomic E-state index is 11.9. The second-order valence-electron chi connectivity index (χ2n) is 3.78. The minimum absolute atomic E-state index is 0.0556. The molecule has 0 aromatic heterocycles. The average Bonchev–Trinajstić information content (AvgIpc) is 2.14. The van der Waals surface area contributed by atoms with Crippen LogP contribution in [0.3, 0.4) is 0 Å². The summed E-state index contributed by atoms with van der Waals surface area (Å²) in [6.07, 6.45) is -2.31. The van der Waals surface area contributed by atoms with Crippen molar-refractivity contribution in [1.82, 2.24) is 10.2 Å². The van der Waals surface area contributed by atoms with Crippen LogP contribution in [-0.2, 0) is 0 Å². The molecule has 1 rings (SSSR count). The lowest BCUT2D eigenvalue weighted by Crippen LogP contribution is -2.43. The van der Waals surface area contributed by atoms with Crippen LogP contribution in [0.2, 0.25) is 0 Å². The second-order valence-corrected chi connectivity index (χ2v) is 3.78. The van der Waals surface area contributed by atoms with Gasteiger partial charge in [-0.25, -0.2) is 5.32 Å². The van der Waals surface area contributed by atoms with Crippen molar-refractivity contribution >= 4 is 0 Å². The molecule has 1 heterocycles. The summed E-state index contributed by atoms with van der Waals surface area (Å²) in [6.45, 7) is 4.85. The normalized spacial score (nSPS) is 25.3. The molecule has 0 saturated carbocycles. The molecule has 0 bridgehead atoms. The Morgan fingerprint density at radius 1 is 1.43 bits per heavy atom. The zero-order valence-electron chi connectivity index (χ0n) is 8.40. The SMILES string of the molecule is CCN1CCC[C@H](CNC(F)(F)F)C1. The summed E-state index contributed by atoms with van der Waals surface area (Å²) in [6, 6.07) is 0. The van der Waals surface area contributed by atoms with Gasteiger partial charge in [-0.05, 0) is 31.8 Å². The lowest BCUT2D eigenvalue weighted by Gasteiger charge is -2.32. The summed E-state index contributed by atoms with van der Waals surface area (Å²) >= 11 is 0. The third-order valence-corrected chi connectivity index (χ3v) is 2.64. The molecule has 1 N–H and O–H groups in total. The first-order valence-electron chi connectivity index (χ1n) is 5.05. The molecule has 0 amide bonds. The van der Waals surface area contributed by atoms with Crippen LogP contribution in [-0.4, -0.2) is 37.4 Å². The highest BCUT2D eigenvalue weighted by Crippen LogP contribution is 2.17. The van der Waals surface area contributed by atoms with Gasteiger partial charge >= 0.3 is 6.30 Å². The van der Waals surface area contributed by atoms with E-state index in [-0.39, 0.29) is 12.5 Å². The zero-order valence-corrected chi connectivity index (χ0v) is 8.40. The van der Waals surface area contributed by atoms with Crippen molar-refractivity contribution in [2.45, 2.75) is 26.1 Å². The van der Waals surface area contributed by atoms with E-state index >= 15 is 0 Å². The second kappa shape index (κ2) is 4.98. The Bertz CT molecular complexity index is 170. The minimum Gasteiger partial charge on any atom is -0.303 e. The van der Waals surface area contributed by atoms with Crippen LogP contribution in [0, 0.1) is 5.92 Å². The highest BCUT2D eigenvalue weighted by atomic mass is 19.4. The van der Waals surface area contributed by atoms with Gasteiger partial charge < -0.3 is 4.90 Å². The molecular weight excluding hydrogens is 193 g/mol. The van der Waals surface area contributed by atoms with E-state index in [1.165, 1.54) is 0 Å². The topological polar surface area (TPSA) is 15.3 Å². The summed E-state index contributed by atoms with van der Waals surface area (Å²) in [5.41, 5.74) is 0. The number of alkyl halides is 3. The molecule has 1 atom stereocenters. The van der Waals surface area contributed by atoms with E-state index in [1.807, 2.05) is 6.92 Å². The smallest absolute Gasteiger partial charge is 0.303 e. The maximum absolute atomic E-state index is 11.9. The molecule has 84 valence electrons. The molecule has 0 unspecified atom stereocenters. The first-order valence-corrected chi connectivity index (χ1v) is 5.05. The van der Waals surface area contributed by atoms with Crippen LogP contribution < -0.4 is 5.32 Å². The summed E-state index contributed by atoms with van der Waals surface area (Å²) in [5.74, 6) is 0.144. The van der Waals surface area contributed by atoms with E-state index in [1.54, 1.807) is 5.32 Å². The molecule has 0 radical (unpaired) electrons. The quantitative estimate of drug-likeness (QED) is 0.715. The van der Waals surface area contributed by atoms with Crippen molar-refractivity contribution < 1.29 is 13.2 Å². The summed E-state index contributed by atoms with van der Waals surface area (Å²) < 4.78 is 35.6. The maximum Gasteiger partial charge on any atom is 0.457 e. The number of hydrogen-bond acceptors (Lipinski definition) is 2. The largest absolute Gasteiger partial charge is 0.457 e. The molecule has 2 nitrogen and oxygen atoms in total. The number of rotatable bonds is 3. The Labute approximate surface area is 82.5 Å². The fourth-order valence-corrected chi connectivity index (χ4v) is 1.87. The van der Waals surface area contributed by atoms with Crippen LogP contribution >= 0.6 is 0 Å². The van der Waals surface area contributed by atoms with Gasteiger partial charge in [0.25, 0.3) is 0 Å². The molecule has 14 heavy (non-hydrogen) atoms. The molecule has 0 aromatic carbocycles. The van der Waals surface area contributed by atoms with Crippen molar-refractivity contribution in [2.24, 2.45) is 5.92 Å². The Morgan fingerprint density at radius 3 is 2.71 bits per heavy atom. The number of hydrogen-bond donors (Lipinski definition) is 1. The van der Waals surface area contributed by atoms with Gasteiger partial charge in [-0.1, -0.05) is 6.92 Å². The molecule has 1 aliphatic rings. The van der Waals surface area contributed by atoms with Crippen LogP contribution in [0.1, 0.15) is 19.8 Å². The van der Waals surface area contributed by atoms with E-state index in [2.05, 4.69) is 4.90 Å². The van der Waals surface area contributed by atoms with Crippen LogP contribution in [0.5, 0.6) is 0 Å². The molecule has 0 aliphatic carbocycles. The lowest BCUT2D eigenvalue weighted by atomic mass is 9.98. The van der Waals surface area contributed by atoms with Crippen molar-refractivity contribution in [3.8, 4) is 0 Å². The fourth-order valence-electron chi connectivity index (χ4n) is 1.87. The first kappa shape index (κ1) is 11.8. The average molecular weight is 210 g/mol. The zero-order chi connectivity index (χ0) is 10.6. The monoisotopic (exact) mass is 210 g/mol. The molecule has 5 heteroatoms. The van der Waals surface area contributed by atoms with Gasteiger partial charge in [0, 0.05) is 13.1 Å². The number of halogens is 3. The highest BCUT2D eigenvalue weighted by Gasteiger charge is 2.28. The summed E-state index contributed by atoms with van der Waals surface area (Å²) in [7, 11) is 0. The fraction of sp³-hybridized carbons (Fsp3) is 1.00. The summed E-state index contributed by atoms with van der Waals surface area (Å²) in [5, 5.41) is 1.61. The number of nitrogens with zero attached hydrogens (tertiary/aromatic N) is 1. The van der Waals surface area contributed by atoms with Crippen molar-refractivity contribution in [3.05, 3.63) is 0 Å². The predicted octanol–water partition coefficient (Wildman–Crippen LogP) is 1.83. The predicted molar refractivity (Wildman–Crippen MR) is 48.9 cm³/mol. The van der Waals surface area contributed by atoms with Gasteiger partial charge in [-0.3, -0.25) is 0 Å². The first-order chi connectivity index (χ1) is 6.51. The minimum atomic E-state index is -4.23. The van der Waals surface area contributed by atoms with E-state index in [9.17, 15) is 13.2 Å². The van der Waals surface area contributed by atoms with E-state index in [0.29, 0.717) is 0 Å². The lowest BCUT2D eigenvalue weighted by molar-refractivity contribution is -0.159. The molecule has 1 saturated heterocycles. The van der Waals surface area contributed by atoms with E-state index in [0.717, 1.165) is 32.5 Å². The third-order valence-electron chi connectivity index (χ3n) is 2.64. The van der Waals surface area contributed by atoms with Gasteiger partial charge in [0.15, 0.2) is 0 Å². The van der Waals surface area contributed by atoms with E-state index < -0.39 is 6.30 Å². The van der Waals surface area contributed by atoms with Crippen molar-refractivity contribution in [2.75, 3.05) is 26.2 Å². The third kappa shape index (κ3) is 4.28. The van der Waals surface area contributed by atoms with Gasteiger partial charge in [0.1, 0.15) is 0 Å². The molecule has 0 aromatic rings. The molecule has 1 fully saturated rings. The standard InChI is InChI=1S/C9H17F3N2/c1-2-14-5-3-4-8(7-14)6-13-9(10,11)12/h8,13H,2-7H2,1H3/t8-/m1/s1. The van der Waals surface area contributed by atoms with Crippen molar-refractivity contribution in [1.29, 1.82) is 0 Å². The molecule has 1 aliphatic heterocycles. The highest BCUT2D eigenvalue weighted by molar-refractivity contribution is 4.74. The molecule has 0 spiro atoms. The van der Waals surface area contributed by atoms with Gasteiger partial charge in [-0.2, -0.15) is 13.2 Å². The Morgan fingerprint density at radius 2 is 2.14 bits per heavy atom. The number of piperidine rings is 1. The van der Waals surface area contributed by atoms with Crippen LogP contribution in [0.25, 0.3) is 0 Å². The van der Waals surface area contributed by atoms with Gasteiger partial charge in [0.05, 0.1) is 0 Å². The Hall–Kier alpha value is -0.290.